The van der Waals surface area contributed by atoms with Gasteiger partial charge in [0.1, 0.15) is 0 Å². The van der Waals surface area contributed by atoms with E-state index in [-0.39, 0.29) is 9.52 Å². The fourth-order valence-electron chi connectivity index (χ4n) is 0.800. The second-order valence-electron chi connectivity index (χ2n) is 2.69. The molecule has 0 atom stereocenters. The fraction of sp³-hybridized carbons (Fsp3) is 0.625. The van der Waals surface area contributed by atoms with Crippen molar-refractivity contribution >= 4 is 15.5 Å². The third-order valence-corrected chi connectivity index (χ3v) is 3.40. The van der Waals surface area contributed by atoms with E-state index in [4.69, 9.17) is 5.11 Å². The van der Waals surface area contributed by atoms with E-state index < -0.39 is 5.97 Å². The normalized spacial score (nSPS) is 12.7. The van der Waals surface area contributed by atoms with Gasteiger partial charge in [0.15, 0.2) is 0 Å². The molecule has 0 rings (SSSR count). The number of unbranched alkanes of at least 4 members (excludes halogenated alkanes) is 1. The molecule has 0 amide bonds. The summed E-state index contributed by atoms with van der Waals surface area (Å²) in [5.74, 6) is -0.769. The number of carbonyl (C=O) groups is 1. The Morgan fingerprint density at radius 3 is 2.73 bits per heavy atom. The van der Waals surface area contributed by atoms with Crippen LogP contribution in [0.5, 0.6) is 0 Å². The topological polar surface area (TPSA) is 37.3 Å². The molecule has 0 aromatic rings. The van der Waals surface area contributed by atoms with Crippen LogP contribution in [0.3, 0.4) is 0 Å². The number of rotatable bonds is 5. The summed E-state index contributed by atoms with van der Waals surface area (Å²) >= 11 is 0. The molecule has 0 aromatic carbocycles. The second kappa shape index (κ2) is 6.16. The molecule has 0 unspecified atom stereocenters. The first-order valence-corrected chi connectivity index (χ1v) is 5.90. The Balaban J connectivity index is 3.48. The summed E-state index contributed by atoms with van der Waals surface area (Å²) in [5.41, 5.74) is 2.45. The van der Waals surface area contributed by atoms with E-state index in [1.54, 1.807) is 6.92 Å². The molecule has 0 saturated carbocycles. The fourth-order valence-corrected chi connectivity index (χ4v) is 2.40. The average molecular weight is 172 g/mol. The lowest BCUT2D eigenvalue weighted by molar-refractivity contribution is -0.132. The molecular weight excluding hydrogens is 156 g/mol. The van der Waals surface area contributed by atoms with Crippen LogP contribution in [0.2, 0.25) is 6.04 Å². The molecule has 0 radical (unpaired) electrons. The number of carboxylic acid groups (broad SMARTS) is 1. The summed E-state index contributed by atoms with van der Waals surface area (Å²) in [5, 5.41) is 8.49. The van der Waals surface area contributed by atoms with Crippen molar-refractivity contribution in [2.45, 2.75) is 32.7 Å². The van der Waals surface area contributed by atoms with Gasteiger partial charge in [0.2, 0.25) is 0 Å². The summed E-state index contributed by atoms with van der Waals surface area (Å²) in [7, 11) is -0.233. The van der Waals surface area contributed by atoms with Crippen LogP contribution in [0.15, 0.2) is 11.3 Å². The van der Waals surface area contributed by atoms with E-state index in [2.05, 4.69) is 6.92 Å². The largest absolute Gasteiger partial charge is 0.478 e. The lowest BCUT2D eigenvalue weighted by Gasteiger charge is -1.93. The number of hydrogen-bond donors (Lipinski definition) is 1. The Morgan fingerprint density at radius 1 is 1.64 bits per heavy atom. The molecule has 0 spiro atoms. The maximum absolute atomic E-state index is 10.3. The highest BCUT2D eigenvalue weighted by Gasteiger charge is 1.97. The van der Waals surface area contributed by atoms with Gasteiger partial charge in [0.25, 0.3) is 0 Å². The first-order valence-electron chi connectivity index (χ1n) is 4.08. The molecule has 0 aliphatic carbocycles. The van der Waals surface area contributed by atoms with Crippen molar-refractivity contribution in [3.63, 3.8) is 0 Å². The molecule has 0 saturated heterocycles. The Bertz CT molecular complexity index is 152. The summed E-state index contributed by atoms with van der Waals surface area (Å²) in [6, 6.07) is 1.24. The SMILES string of the molecule is CCCC[SiH2]C=C(C)C(=O)O. The highest BCUT2D eigenvalue weighted by molar-refractivity contribution is 6.42. The molecule has 0 bridgehead atoms. The lowest BCUT2D eigenvalue weighted by atomic mass is 10.4. The van der Waals surface area contributed by atoms with Crippen molar-refractivity contribution < 1.29 is 9.90 Å². The van der Waals surface area contributed by atoms with Gasteiger partial charge in [-0.05, 0) is 6.92 Å². The van der Waals surface area contributed by atoms with Gasteiger partial charge in [0, 0.05) is 15.1 Å². The summed E-state index contributed by atoms with van der Waals surface area (Å²) in [6.45, 7) is 3.82. The first kappa shape index (κ1) is 10.4. The molecule has 0 aliphatic rings. The van der Waals surface area contributed by atoms with Gasteiger partial charge in [-0.15, -0.1) is 0 Å². The standard InChI is InChI=1S/C8H16O2Si/c1-3-4-5-11-6-7(2)8(9)10/h6H,3-5,11H2,1-2H3,(H,9,10). The van der Waals surface area contributed by atoms with Crippen LogP contribution in [0.4, 0.5) is 0 Å². The predicted octanol–water partition coefficient (Wildman–Crippen LogP) is 1.36. The summed E-state index contributed by atoms with van der Waals surface area (Å²) < 4.78 is 0. The van der Waals surface area contributed by atoms with Crippen molar-refractivity contribution in [2.75, 3.05) is 0 Å². The smallest absolute Gasteiger partial charge is 0.330 e. The van der Waals surface area contributed by atoms with E-state index in [0.29, 0.717) is 5.57 Å². The zero-order valence-corrected chi connectivity index (χ0v) is 8.68. The Labute approximate surface area is 70.1 Å². The van der Waals surface area contributed by atoms with E-state index >= 15 is 0 Å². The lowest BCUT2D eigenvalue weighted by Crippen LogP contribution is -1.98. The first-order chi connectivity index (χ1) is 5.18. The van der Waals surface area contributed by atoms with Crippen molar-refractivity contribution in [3.8, 4) is 0 Å². The minimum Gasteiger partial charge on any atom is -0.478 e. The zero-order valence-electron chi connectivity index (χ0n) is 7.26. The van der Waals surface area contributed by atoms with Gasteiger partial charge in [0.05, 0.1) is 0 Å². The Morgan fingerprint density at radius 2 is 2.27 bits per heavy atom. The maximum Gasteiger partial charge on any atom is 0.330 e. The number of carboxylic acids is 1. The third kappa shape index (κ3) is 5.85. The molecule has 0 aliphatic heterocycles. The van der Waals surface area contributed by atoms with Gasteiger partial charge in [-0.25, -0.2) is 4.79 Å². The molecule has 2 nitrogen and oxygen atoms in total. The van der Waals surface area contributed by atoms with Crippen LogP contribution >= 0.6 is 0 Å². The molecule has 0 aromatic heterocycles. The van der Waals surface area contributed by atoms with E-state index in [0.717, 1.165) is 0 Å². The minimum absolute atomic E-state index is 0.233. The maximum atomic E-state index is 10.3. The van der Waals surface area contributed by atoms with Gasteiger partial charge < -0.3 is 5.11 Å². The van der Waals surface area contributed by atoms with Gasteiger partial charge >= 0.3 is 5.97 Å². The van der Waals surface area contributed by atoms with Crippen molar-refractivity contribution in [2.24, 2.45) is 0 Å². The number of aliphatic carboxylic acids is 1. The van der Waals surface area contributed by atoms with Crippen LogP contribution in [0.25, 0.3) is 0 Å². The highest BCUT2D eigenvalue weighted by Crippen LogP contribution is 1.96. The van der Waals surface area contributed by atoms with Gasteiger partial charge in [-0.1, -0.05) is 31.5 Å². The molecule has 3 heteroatoms. The predicted molar refractivity (Wildman–Crippen MR) is 49.7 cm³/mol. The highest BCUT2D eigenvalue weighted by atomic mass is 28.2. The quantitative estimate of drug-likeness (QED) is 0.386. The minimum atomic E-state index is -0.769. The van der Waals surface area contributed by atoms with Gasteiger partial charge in [-0.3, -0.25) is 0 Å². The average Bonchev–Trinajstić information content (AvgIpc) is 1.97. The van der Waals surface area contributed by atoms with E-state index in [1.807, 2.05) is 5.70 Å². The van der Waals surface area contributed by atoms with Gasteiger partial charge in [-0.2, -0.15) is 0 Å². The van der Waals surface area contributed by atoms with Crippen LogP contribution in [-0.2, 0) is 4.79 Å². The molecule has 64 valence electrons. The van der Waals surface area contributed by atoms with E-state index in [9.17, 15) is 4.79 Å². The molecule has 11 heavy (non-hydrogen) atoms. The Hall–Kier alpha value is -0.573. The number of hydrogen-bond acceptors (Lipinski definition) is 1. The van der Waals surface area contributed by atoms with E-state index in [1.165, 1.54) is 18.9 Å². The molecule has 0 heterocycles. The zero-order chi connectivity index (χ0) is 8.69. The monoisotopic (exact) mass is 172 g/mol. The second-order valence-corrected chi connectivity index (χ2v) is 4.38. The van der Waals surface area contributed by atoms with Crippen LogP contribution in [0, 0.1) is 0 Å². The summed E-state index contributed by atoms with van der Waals surface area (Å²) in [4.78, 5) is 10.3. The van der Waals surface area contributed by atoms with Crippen molar-refractivity contribution in [1.82, 2.24) is 0 Å². The molecular formula is C8H16O2Si. The Kier molecular flexibility index (Phi) is 5.84. The molecule has 0 fully saturated rings. The summed E-state index contributed by atoms with van der Waals surface area (Å²) in [6.07, 6.45) is 2.46. The van der Waals surface area contributed by atoms with Crippen LogP contribution in [-0.4, -0.2) is 20.6 Å². The van der Waals surface area contributed by atoms with Crippen molar-refractivity contribution in [1.29, 1.82) is 0 Å². The third-order valence-electron chi connectivity index (χ3n) is 1.60. The van der Waals surface area contributed by atoms with Crippen LogP contribution < -0.4 is 0 Å². The molecule has 1 N–H and O–H groups in total. The van der Waals surface area contributed by atoms with Crippen molar-refractivity contribution in [3.05, 3.63) is 11.3 Å². The van der Waals surface area contributed by atoms with Crippen LogP contribution in [0.1, 0.15) is 26.7 Å².